The number of thioether (sulfide) groups is 1. The number of rotatable bonds is 10. The number of nitrogens with zero attached hydrogens (tertiary/aromatic N) is 3. The van der Waals surface area contributed by atoms with Crippen molar-refractivity contribution in [3.05, 3.63) is 150 Å². The van der Waals surface area contributed by atoms with E-state index < -0.39 is 12.0 Å². The average Bonchev–Trinajstić information content (AvgIpc) is 3.44. The minimum Gasteiger partial charge on any atom is -0.493 e. The monoisotopic (exact) mass is 673 g/mol. The zero-order chi connectivity index (χ0) is 33.6. The molecule has 0 spiro atoms. The van der Waals surface area contributed by atoms with Crippen molar-refractivity contribution in [1.29, 1.82) is 5.26 Å². The third-order valence-corrected chi connectivity index (χ3v) is 9.49. The minimum absolute atomic E-state index is 0.183. The van der Waals surface area contributed by atoms with Gasteiger partial charge in [0.15, 0.2) is 16.3 Å². The van der Waals surface area contributed by atoms with Crippen LogP contribution >= 0.6 is 23.1 Å². The summed E-state index contributed by atoms with van der Waals surface area (Å²) in [6.45, 7) is 2.24. The second-order valence-corrected chi connectivity index (χ2v) is 12.6. The van der Waals surface area contributed by atoms with E-state index >= 15 is 0 Å². The summed E-state index contributed by atoms with van der Waals surface area (Å²) < 4.78 is 19.3. The van der Waals surface area contributed by atoms with Gasteiger partial charge in [0.2, 0.25) is 0 Å². The molecule has 5 aromatic rings. The van der Waals surface area contributed by atoms with Crippen molar-refractivity contribution in [3.8, 4) is 17.6 Å². The van der Waals surface area contributed by atoms with Crippen molar-refractivity contribution in [2.45, 2.75) is 24.5 Å². The highest BCUT2D eigenvalue weighted by atomic mass is 32.2. The van der Waals surface area contributed by atoms with Crippen LogP contribution in [-0.4, -0.2) is 30.5 Å². The molecular formula is C38H31N3O5S2. The SMILES string of the molecule is CCOC(=O)C1=C(c2ccccc2)N=c2s/c(=C\c3ccc(OCc4ccc(C#N)cc4)c(OC)c3)c(=O)n2[C@H]1c1ccc(SC)cc1. The van der Waals surface area contributed by atoms with E-state index in [1.807, 2.05) is 85.1 Å². The van der Waals surface area contributed by atoms with Gasteiger partial charge in [-0.1, -0.05) is 72.0 Å². The van der Waals surface area contributed by atoms with Crippen LogP contribution in [0.25, 0.3) is 11.8 Å². The molecule has 10 heteroatoms. The molecule has 2 heterocycles. The number of ether oxygens (including phenoxy) is 3. The van der Waals surface area contributed by atoms with Gasteiger partial charge < -0.3 is 14.2 Å². The summed E-state index contributed by atoms with van der Waals surface area (Å²) in [6, 6.07) is 31.4. The Kier molecular flexibility index (Phi) is 9.90. The molecule has 1 aliphatic heterocycles. The molecule has 240 valence electrons. The fraction of sp³-hybridized carbons (Fsp3) is 0.158. The van der Waals surface area contributed by atoms with Gasteiger partial charge in [0.25, 0.3) is 5.56 Å². The molecule has 0 N–H and O–H groups in total. The maximum atomic E-state index is 14.2. The van der Waals surface area contributed by atoms with E-state index in [1.165, 1.54) is 11.3 Å². The van der Waals surface area contributed by atoms with Crippen molar-refractivity contribution in [2.24, 2.45) is 4.99 Å². The second-order valence-electron chi connectivity index (χ2n) is 10.7. The first-order chi connectivity index (χ1) is 23.4. The Morgan fingerprint density at radius 1 is 1.02 bits per heavy atom. The van der Waals surface area contributed by atoms with E-state index in [9.17, 15) is 9.59 Å². The smallest absolute Gasteiger partial charge is 0.338 e. The predicted molar refractivity (Wildman–Crippen MR) is 188 cm³/mol. The first kappa shape index (κ1) is 32.6. The lowest BCUT2D eigenvalue weighted by molar-refractivity contribution is -0.138. The number of esters is 1. The molecule has 0 fully saturated rings. The van der Waals surface area contributed by atoms with Gasteiger partial charge in [-0.15, -0.1) is 11.8 Å². The van der Waals surface area contributed by atoms with Crippen molar-refractivity contribution >= 4 is 40.8 Å². The van der Waals surface area contributed by atoms with Gasteiger partial charge in [0.1, 0.15) is 6.61 Å². The number of carbonyl (C=O) groups excluding carboxylic acids is 1. The molecule has 0 aliphatic carbocycles. The van der Waals surface area contributed by atoms with Crippen molar-refractivity contribution in [3.63, 3.8) is 0 Å². The van der Waals surface area contributed by atoms with Crippen LogP contribution in [0, 0.1) is 11.3 Å². The van der Waals surface area contributed by atoms with Gasteiger partial charge >= 0.3 is 5.97 Å². The Morgan fingerprint density at radius 2 is 1.77 bits per heavy atom. The highest BCUT2D eigenvalue weighted by Gasteiger charge is 2.35. The van der Waals surface area contributed by atoms with E-state index in [-0.39, 0.29) is 12.2 Å². The Morgan fingerprint density at radius 3 is 2.44 bits per heavy atom. The van der Waals surface area contributed by atoms with E-state index in [0.717, 1.165) is 27.1 Å². The van der Waals surface area contributed by atoms with Crippen LogP contribution in [-0.2, 0) is 16.1 Å². The van der Waals surface area contributed by atoms with Gasteiger partial charge in [-0.3, -0.25) is 9.36 Å². The highest BCUT2D eigenvalue weighted by Crippen LogP contribution is 2.36. The summed E-state index contributed by atoms with van der Waals surface area (Å²) >= 11 is 2.87. The minimum atomic E-state index is -0.749. The summed E-state index contributed by atoms with van der Waals surface area (Å²) in [5, 5.41) is 9.05. The molecule has 8 nitrogen and oxygen atoms in total. The Bertz CT molecular complexity index is 2220. The zero-order valence-electron chi connectivity index (χ0n) is 26.5. The maximum Gasteiger partial charge on any atom is 0.338 e. The molecule has 4 aromatic carbocycles. The molecule has 1 atom stereocenters. The lowest BCUT2D eigenvalue weighted by Gasteiger charge is -2.26. The maximum absolute atomic E-state index is 14.2. The van der Waals surface area contributed by atoms with Crippen LogP contribution in [0.3, 0.4) is 0 Å². The van der Waals surface area contributed by atoms with Crippen LogP contribution in [0.15, 0.2) is 117 Å². The Labute approximate surface area is 285 Å². The molecule has 0 saturated heterocycles. The Balaban J connectivity index is 1.45. The average molecular weight is 674 g/mol. The van der Waals surface area contributed by atoms with E-state index in [0.29, 0.717) is 44.3 Å². The summed E-state index contributed by atoms with van der Waals surface area (Å²) in [5.74, 6) is 0.531. The van der Waals surface area contributed by atoms with Gasteiger partial charge in [-0.05, 0) is 72.3 Å². The molecule has 48 heavy (non-hydrogen) atoms. The van der Waals surface area contributed by atoms with Crippen LogP contribution in [0.1, 0.15) is 40.8 Å². The molecule has 1 aromatic heterocycles. The summed E-state index contributed by atoms with van der Waals surface area (Å²) in [4.78, 5) is 34.4. The largest absolute Gasteiger partial charge is 0.493 e. The van der Waals surface area contributed by atoms with Crippen LogP contribution < -0.4 is 24.4 Å². The normalized spacial score (nSPS) is 14.1. The highest BCUT2D eigenvalue weighted by molar-refractivity contribution is 7.98. The third-order valence-electron chi connectivity index (χ3n) is 7.77. The molecule has 1 aliphatic rings. The molecule has 0 unspecified atom stereocenters. The number of carbonyl (C=O) groups is 1. The molecular weight excluding hydrogens is 643 g/mol. The van der Waals surface area contributed by atoms with E-state index in [2.05, 4.69) is 6.07 Å². The number of benzene rings is 4. The molecule has 0 bridgehead atoms. The van der Waals surface area contributed by atoms with Crippen LogP contribution in [0.5, 0.6) is 11.5 Å². The first-order valence-electron chi connectivity index (χ1n) is 15.2. The van der Waals surface area contributed by atoms with Crippen LogP contribution in [0.2, 0.25) is 0 Å². The van der Waals surface area contributed by atoms with Gasteiger partial charge in [0, 0.05) is 10.5 Å². The fourth-order valence-electron chi connectivity index (χ4n) is 5.42. The fourth-order valence-corrected chi connectivity index (χ4v) is 6.83. The lowest BCUT2D eigenvalue weighted by Crippen LogP contribution is -2.40. The second kappa shape index (κ2) is 14.6. The summed E-state index contributed by atoms with van der Waals surface area (Å²) in [5.41, 5.74) is 4.27. The third kappa shape index (κ3) is 6.69. The number of hydrogen-bond acceptors (Lipinski definition) is 9. The van der Waals surface area contributed by atoms with E-state index in [4.69, 9.17) is 24.5 Å². The van der Waals surface area contributed by atoms with Gasteiger partial charge in [-0.2, -0.15) is 5.26 Å². The number of thiazole rings is 1. The number of methoxy groups -OCH3 is 1. The number of fused-ring (bicyclic) bond motifs is 1. The van der Waals surface area contributed by atoms with Gasteiger partial charge in [0.05, 0.1) is 47.2 Å². The number of aromatic nitrogens is 1. The lowest BCUT2D eigenvalue weighted by atomic mass is 9.93. The van der Waals surface area contributed by atoms with Gasteiger partial charge in [-0.25, -0.2) is 9.79 Å². The van der Waals surface area contributed by atoms with Crippen molar-refractivity contribution < 1.29 is 19.0 Å². The standard InChI is InChI=1S/C38H31N3O5S2/c1-4-45-37(43)33-34(27-8-6-5-7-9-27)40-38-41(35(33)28-15-17-29(47-3)18-16-28)36(42)32(48-38)21-26-14-19-30(31(20-26)44-2)46-23-25-12-10-24(22-39)11-13-25/h5-21,35H,4,23H2,1-3H3/b32-21-/t35-/m0/s1. The predicted octanol–water partition coefficient (Wildman–Crippen LogP) is 6.12. The topological polar surface area (TPSA) is 103 Å². The zero-order valence-corrected chi connectivity index (χ0v) is 28.1. The van der Waals surface area contributed by atoms with Crippen molar-refractivity contribution in [2.75, 3.05) is 20.0 Å². The van der Waals surface area contributed by atoms with E-state index in [1.54, 1.807) is 54.6 Å². The molecule has 0 amide bonds. The first-order valence-corrected chi connectivity index (χ1v) is 17.2. The summed E-state index contributed by atoms with van der Waals surface area (Å²) in [7, 11) is 1.56. The number of hydrogen-bond donors (Lipinski definition) is 0. The molecule has 6 rings (SSSR count). The molecule has 0 saturated carbocycles. The quantitative estimate of drug-likeness (QED) is 0.130. The summed E-state index contributed by atoms with van der Waals surface area (Å²) in [6.07, 6.45) is 3.79. The Hall–Kier alpha value is -5.37. The van der Waals surface area contributed by atoms with Crippen LogP contribution in [0.4, 0.5) is 0 Å². The molecule has 0 radical (unpaired) electrons. The number of nitriles is 1. The van der Waals surface area contributed by atoms with Crippen molar-refractivity contribution in [1.82, 2.24) is 4.57 Å².